The maximum Gasteiger partial charge on any atom is 0.337 e. The number of carbonyl (C=O) groups excluding carboxylic acids is 3. The van der Waals surface area contributed by atoms with E-state index < -0.39 is 23.9 Å². The lowest BCUT2D eigenvalue weighted by Crippen LogP contribution is -2.41. The smallest absolute Gasteiger partial charge is 0.337 e. The van der Waals surface area contributed by atoms with Crippen LogP contribution >= 0.6 is 0 Å². The number of hydrogen-bond acceptors (Lipinski definition) is 6. The molecule has 0 spiro atoms. The molecule has 1 atom stereocenters. The van der Waals surface area contributed by atoms with Crippen LogP contribution in [0.4, 0.5) is 0 Å². The van der Waals surface area contributed by atoms with Gasteiger partial charge in [0, 0.05) is 5.56 Å². The summed E-state index contributed by atoms with van der Waals surface area (Å²) < 4.78 is 9.23. The zero-order valence-electron chi connectivity index (χ0n) is 12.6. The van der Waals surface area contributed by atoms with Gasteiger partial charge in [0.1, 0.15) is 6.04 Å². The molecule has 1 unspecified atom stereocenters. The van der Waals surface area contributed by atoms with Crippen molar-refractivity contribution in [2.75, 3.05) is 20.8 Å². The number of benzene rings is 1. The van der Waals surface area contributed by atoms with E-state index in [0.717, 1.165) is 0 Å². The summed E-state index contributed by atoms with van der Waals surface area (Å²) in [6.45, 7) is 0.414. The maximum atomic E-state index is 12.1. The highest BCUT2D eigenvalue weighted by atomic mass is 16.5. The minimum absolute atomic E-state index is 0.328. The normalized spacial score (nSPS) is 11.4. The SMILES string of the molecule is COC(=O)c1ccc(C(=O)NC(CCCN)C(=O)OC)cc1. The van der Waals surface area contributed by atoms with Crippen LogP contribution in [0.15, 0.2) is 24.3 Å². The Morgan fingerprint density at radius 2 is 1.68 bits per heavy atom. The van der Waals surface area contributed by atoms with Gasteiger partial charge in [-0.05, 0) is 43.7 Å². The molecule has 0 aliphatic rings. The number of rotatable bonds is 7. The topological polar surface area (TPSA) is 108 Å². The zero-order chi connectivity index (χ0) is 16.5. The molecule has 0 aliphatic carbocycles. The number of hydrogen-bond donors (Lipinski definition) is 2. The highest BCUT2D eigenvalue weighted by molar-refractivity contribution is 5.98. The summed E-state index contributed by atoms with van der Waals surface area (Å²) in [6, 6.07) is 5.18. The number of amides is 1. The first-order valence-electron chi connectivity index (χ1n) is 6.80. The molecule has 1 aromatic carbocycles. The minimum atomic E-state index is -0.749. The number of ether oxygens (including phenoxy) is 2. The van der Waals surface area contributed by atoms with Gasteiger partial charge >= 0.3 is 11.9 Å². The molecular formula is C15H20N2O5. The molecule has 1 rings (SSSR count). The standard InChI is InChI=1S/C15H20N2O5/c1-21-14(19)11-7-5-10(6-8-11)13(18)17-12(4-3-9-16)15(20)22-2/h5-8,12H,3-4,9,16H2,1-2H3,(H,17,18). The molecule has 0 bridgehead atoms. The fourth-order valence-electron chi connectivity index (χ4n) is 1.83. The van der Waals surface area contributed by atoms with E-state index in [1.807, 2.05) is 0 Å². The lowest BCUT2D eigenvalue weighted by molar-refractivity contribution is -0.143. The van der Waals surface area contributed by atoms with E-state index >= 15 is 0 Å². The quantitative estimate of drug-likeness (QED) is 0.710. The largest absolute Gasteiger partial charge is 0.467 e. The van der Waals surface area contributed by atoms with Gasteiger partial charge in [0.2, 0.25) is 0 Å². The van der Waals surface area contributed by atoms with Crippen LogP contribution in [0, 0.1) is 0 Å². The molecule has 0 aliphatic heterocycles. The number of carbonyl (C=O) groups is 3. The lowest BCUT2D eigenvalue weighted by Gasteiger charge is -2.16. The van der Waals surface area contributed by atoms with E-state index in [4.69, 9.17) is 5.73 Å². The highest BCUT2D eigenvalue weighted by Crippen LogP contribution is 2.07. The molecule has 7 nitrogen and oxygen atoms in total. The maximum absolute atomic E-state index is 12.1. The summed E-state index contributed by atoms with van der Waals surface area (Å²) in [5, 5.41) is 2.60. The van der Waals surface area contributed by atoms with Crippen molar-refractivity contribution in [3.63, 3.8) is 0 Å². The third-order valence-corrected chi connectivity index (χ3v) is 3.06. The van der Waals surface area contributed by atoms with Crippen LogP contribution in [0.1, 0.15) is 33.6 Å². The first-order valence-corrected chi connectivity index (χ1v) is 6.80. The Labute approximate surface area is 128 Å². The predicted octanol–water partition coefficient (Wildman–Crippen LogP) is 0.484. The van der Waals surface area contributed by atoms with Crippen molar-refractivity contribution in [1.82, 2.24) is 5.32 Å². The van der Waals surface area contributed by atoms with Gasteiger partial charge in [-0.1, -0.05) is 0 Å². The average molecular weight is 308 g/mol. The molecule has 0 fully saturated rings. The fraction of sp³-hybridized carbons (Fsp3) is 0.400. The van der Waals surface area contributed by atoms with E-state index in [1.165, 1.54) is 38.5 Å². The van der Waals surface area contributed by atoms with Gasteiger partial charge < -0.3 is 20.5 Å². The van der Waals surface area contributed by atoms with Crippen LogP contribution in [0.5, 0.6) is 0 Å². The van der Waals surface area contributed by atoms with Crippen LogP contribution in [0.25, 0.3) is 0 Å². The summed E-state index contributed by atoms with van der Waals surface area (Å²) in [5.74, 6) is -1.43. The van der Waals surface area contributed by atoms with Crippen molar-refractivity contribution in [3.8, 4) is 0 Å². The molecule has 0 aromatic heterocycles. The van der Waals surface area contributed by atoms with Crippen LogP contribution in [-0.2, 0) is 14.3 Å². The Kier molecular flexibility index (Phi) is 7.04. The zero-order valence-corrected chi connectivity index (χ0v) is 12.6. The number of methoxy groups -OCH3 is 2. The highest BCUT2D eigenvalue weighted by Gasteiger charge is 2.21. The minimum Gasteiger partial charge on any atom is -0.467 e. The van der Waals surface area contributed by atoms with E-state index in [0.29, 0.717) is 30.5 Å². The Bertz CT molecular complexity index is 527. The van der Waals surface area contributed by atoms with Gasteiger partial charge in [-0.15, -0.1) is 0 Å². The van der Waals surface area contributed by atoms with E-state index in [2.05, 4.69) is 14.8 Å². The van der Waals surface area contributed by atoms with E-state index in [9.17, 15) is 14.4 Å². The summed E-state index contributed by atoms with van der Waals surface area (Å²) in [6.07, 6.45) is 0.983. The third-order valence-electron chi connectivity index (χ3n) is 3.06. The molecular weight excluding hydrogens is 288 g/mol. The molecule has 1 aromatic rings. The second-order valence-corrected chi connectivity index (χ2v) is 4.55. The Balaban J connectivity index is 2.76. The van der Waals surface area contributed by atoms with Crippen LogP contribution in [0.3, 0.4) is 0 Å². The second kappa shape index (κ2) is 8.78. The van der Waals surface area contributed by atoms with Crippen LogP contribution in [0.2, 0.25) is 0 Å². The van der Waals surface area contributed by atoms with Gasteiger partial charge in [0.05, 0.1) is 19.8 Å². The van der Waals surface area contributed by atoms with Crippen molar-refractivity contribution in [2.24, 2.45) is 5.73 Å². The molecule has 0 heterocycles. The van der Waals surface area contributed by atoms with Crippen LogP contribution in [-0.4, -0.2) is 44.7 Å². The average Bonchev–Trinajstić information content (AvgIpc) is 2.56. The van der Waals surface area contributed by atoms with Crippen molar-refractivity contribution in [3.05, 3.63) is 35.4 Å². The summed E-state index contributed by atoms with van der Waals surface area (Å²) in [4.78, 5) is 35.1. The Morgan fingerprint density at radius 3 is 2.18 bits per heavy atom. The van der Waals surface area contributed by atoms with Crippen molar-refractivity contribution in [1.29, 1.82) is 0 Å². The molecule has 3 N–H and O–H groups in total. The molecule has 0 radical (unpaired) electrons. The first kappa shape index (κ1) is 17.6. The summed E-state index contributed by atoms with van der Waals surface area (Å²) >= 11 is 0. The molecule has 0 saturated heterocycles. The molecule has 120 valence electrons. The number of esters is 2. The summed E-state index contributed by atoms with van der Waals surface area (Å²) in [7, 11) is 2.54. The lowest BCUT2D eigenvalue weighted by atomic mass is 10.1. The van der Waals surface area contributed by atoms with Crippen molar-refractivity contribution < 1.29 is 23.9 Å². The van der Waals surface area contributed by atoms with Gasteiger partial charge in [0.25, 0.3) is 5.91 Å². The Morgan fingerprint density at radius 1 is 1.09 bits per heavy atom. The molecule has 1 amide bonds. The first-order chi connectivity index (χ1) is 10.5. The van der Waals surface area contributed by atoms with E-state index in [-0.39, 0.29) is 0 Å². The monoisotopic (exact) mass is 308 g/mol. The molecule has 0 saturated carbocycles. The molecule has 7 heteroatoms. The summed E-state index contributed by atoms with van der Waals surface area (Å²) in [5.41, 5.74) is 6.08. The van der Waals surface area contributed by atoms with Gasteiger partial charge in [-0.2, -0.15) is 0 Å². The van der Waals surface area contributed by atoms with Gasteiger partial charge in [0.15, 0.2) is 0 Å². The third kappa shape index (κ3) is 4.85. The predicted molar refractivity (Wildman–Crippen MR) is 79.3 cm³/mol. The van der Waals surface area contributed by atoms with Gasteiger partial charge in [-0.3, -0.25) is 4.79 Å². The fourth-order valence-corrected chi connectivity index (χ4v) is 1.83. The van der Waals surface area contributed by atoms with Crippen LogP contribution < -0.4 is 11.1 Å². The number of nitrogens with two attached hydrogens (primary N) is 1. The van der Waals surface area contributed by atoms with Crippen molar-refractivity contribution >= 4 is 17.8 Å². The second-order valence-electron chi connectivity index (χ2n) is 4.55. The Hall–Kier alpha value is -2.41. The number of nitrogens with one attached hydrogen (secondary N) is 1. The molecule has 22 heavy (non-hydrogen) atoms. The van der Waals surface area contributed by atoms with Crippen molar-refractivity contribution in [2.45, 2.75) is 18.9 Å². The van der Waals surface area contributed by atoms with E-state index in [1.54, 1.807) is 0 Å². The van der Waals surface area contributed by atoms with Gasteiger partial charge in [-0.25, -0.2) is 9.59 Å².